The number of carbonyl (C=O) groups excluding carboxylic acids is 1. The summed E-state index contributed by atoms with van der Waals surface area (Å²) in [5.41, 5.74) is 1.34. The van der Waals surface area contributed by atoms with Crippen molar-refractivity contribution in [2.24, 2.45) is 0 Å². The molecule has 2 aromatic rings. The van der Waals surface area contributed by atoms with E-state index in [0.29, 0.717) is 16.8 Å². The average molecular weight is 352 g/mol. The molecule has 136 valence electrons. The lowest BCUT2D eigenvalue weighted by Gasteiger charge is -2.22. The van der Waals surface area contributed by atoms with Gasteiger partial charge < -0.3 is 5.32 Å². The molecule has 5 heteroatoms. The van der Waals surface area contributed by atoms with Gasteiger partial charge in [-0.15, -0.1) is 0 Å². The summed E-state index contributed by atoms with van der Waals surface area (Å²) in [6.45, 7) is 0. The molecule has 0 heterocycles. The molecule has 26 heavy (non-hydrogen) atoms. The molecule has 0 saturated heterocycles. The highest BCUT2D eigenvalue weighted by Gasteiger charge is 2.21. The molecule has 0 amide bonds. The van der Waals surface area contributed by atoms with Gasteiger partial charge in [-0.3, -0.25) is 14.9 Å². The van der Waals surface area contributed by atoms with Crippen molar-refractivity contribution < 1.29 is 9.72 Å². The molecule has 2 aromatic carbocycles. The van der Waals surface area contributed by atoms with Crippen LogP contribution >= 0.6 is 0 Å². The van der Waals surface area contributed by atoms with E-state index in [4.69, 9.17) is 0 Å². The molecule has 1 aliphatic rings. The summed E-state index contributed by atoms with van der Waals surface area (Å²) in [4.78, 5) is 23.7. The van der Waals surface area contributed by atoms with Crippen molar-refractivity contribution >= 4 is 17.2 Å². The molecular weight excluding hydrogens is 328 g/mol. The lowest BCUT2D eigenvalue weighted by atomic mass is 9.96. The number of nitrogens with one attached hydrogen (secondary N) is 1. The first-order valence-electron chi connectivity index (χ1n) is 9.30. The number of ketones is 1. The van der Waals surface area contributed by atoms with Crippen molar-refractivity contribution in [3.8, 4) is 0 Å². The number of rotatable bonds is 5. The molecule has 1 saturated carbocycles. The maximum atomic E-state index is 12.6. The molecule has 1 aliphatic carbocycles. The molecule has 3 rings (SSSR count). The predicted octanol–water partition coefficient (Wildman–Crippen LogP) is 5.35. The fraction of sp³-hybridized carbons (Fsp3) is 0.381. The first-order valence-corrected chi connectivity index (χ1v) is 9.30. The van der Waals surface area contributed by atoms with E-state index < -0.39 is 4.92 Å². The molecule has 5 nitrogen and oxygen atoms in total. The molecule has 0 aliphatic heterocycles. The van der Waals surface area contributed by atoms with E-state index in [2.05, 4.69) is 5.32 Å². The van der Waals surface area contributed by atoms with Gasteiger partial charge in [-0.25, -0.2) is 0 Å². The Kier molecular flexibility index (Phi) is 6.00. The summed E-state index contributed by atoms with van der Waals surface area (Å²) in [7, 11) is 0. The van der Waals surface area contributed by atoms with Gasteiger partial charge in [0.2, 0.25) is 0 Å². The minimum absolute atomic E-state index is 0.0335. The third-order valence-corrected chi connectivity index (χ3v) is 4.96. The van der Waals surface area contributed by atoms with Gasteiger partial charge in [0.05, 0.1) is 4.92 Å². The molecular formula is C21H24N2O3. The number of hydrogen-bond donors (Lipinski definition) is 1. The van der Waals surface area contributed by atoms with E-state index >= 15 is 0 Å². The zero-order chi connectivity index (χ0) is 18.4. The van der Waals surface area contributed by atoms with E-state index in [1.54, 1.807) is 36.4 Å². The molecule has 0 atom stereocenters. The molecule has 1 fully saturated rings. The average Bonchev–Trinajstić information content (AvgIpc) is 2.64. The number of benzene rings is 2. The Morgan fingerprint density at radius 3 is 2.23 bits per heavy atom. The molecule has 0 radical (unpaired) electrons. The number of carbonyl (C=O) groups is 1. The third-order valence-electron chi connectivity index (χ3n) is 4.96. The van der Waals surface area contributed by atoms with Crippen LogP contribution in [0, 0.1) is 10.1 Å². The van der Waals surface area contributed by atoms with Crippen LogP contribution in [0.15, 0.2) is 48.5 Å². The fourth-order valence-corrected chi connectivity index (χ4v) is 3.52. The number of nitro groups is 1. The zero-order valence-electron chi connectivity index (χ0n) is 14.8. The van der Waals surface area contributed by atoms with Crippen molar-refractivity contribution in [3.05, 3.63) is 69.8 Å². The smallest absolute Gasteiger partial charge is 0.293 e. The van der Waals surface area contributed by atoms with Crippen LogP contribution in [0.5, 0.6) is 0 Å². The Morgan fingerprint density at radius 1 is 0.923 bits per heavy atom. The fourth-order valence-electron chi connectivity index (χ4n) is 3.52. The molecule has 0 aromatic heterocycles. The Bertz CT molecular complexity index is 766. The molecule has 0 spiro atoms. The normalized spacial score (nSPS) is 15.7. The van der Waals surface area contributed by atoms with E-state index in [9.17, 15) is 14.9 Å². The van der Waals surface area contributed by atoms with Gasteiger partial charge in [-0.2, -0.15) is 0 Å². The monoisotopic (exact) mass is 352 g/mol. The Balaban J connectivity index is 1.82. The SMILES string of the molecule is O=C(c1ccccc1)c1ccc(NC2CCCCCCC2)c([N+](=O)[O-])c1. The summed E-state index contributed by atoms with van der Waals surface area (Å²) in [6.07, 6.45) is 8.09. The van der Waals surface area contributed by atoms with Gasteiger partial charge >= 0.3 is 0 Å². The standard InChI is InChI=1S/C21H24N2O3/c24-21(16-9-5-4-6-10-16)17-13-14-19(20(15-17)23(25)26)22-18-11-7-2-1-3-8-12-18/h4-6,9-10,13-15,18,22H,1-3,7-8,11-12H2. The topological polar surface area (TPSA) is 72.2 Å². The van der Waals surface area contributed by atoms with Gasteiger partial charge in [-0.05, 0) is 25.0 Å². The Hall–Kier alpha value is -2.69. The van der Waals surface area contributed by atoms with Gasteiger partial charge in [0.25, 0.3) is 5.69 Å². The highest BCUT2D eigenvalue weighted by atomic mass is 16.6. The molecule has 0 bridgehead atoms. The van der Waals surface area contributed by atoms with E-state index in [-0.39, 0.29) is 17.5 Å². The van der Waals surface area contributed by atoms with Gasteiger partial charge in [0.15, 0.2) is 5.78 Å². The van der Waals surface area contributed by atoms with E-state index in [1.165, 1.54) is 25.3 Å². The highest BCUT2D eigenvalue weighted by Crippen LogP contribution is 2.29. The highest BCUT2D eigenvalue weighted by molar-refractivity contribution is 6.09. The summed E-state index contributed by atoms with van der Waals surface area (Å²) in [6, 6.07) is 13.8. The van der Waals surface area contributed by atoms with Crippen LogP contribution in [0.3, 0.4) is 0 Å². The maximum absolute atomic E-state index is 12.6. The van der Waals surface area contributed by atoms with Crippen LogP contribution in [0.2, 0.25) is 0 Å². The van der Waals surface area contributed by atoms with Crippen LogP contribution in [-0.4, -0.2) is 16.7 Å². The number of anilines is 1. The first kappa shape index (κ1) is 18.1. The second-order valence-electron chi connectivity index (χ2n) is 6.87. The van der Waals surface area contributed by atoms with Crippen LogP contribution in [0.25, 0.3) is 0 Å². The van der Waals surface area contributed by atoms with Gasteiger partial charge in [-0.1, -0.05) is 62.4 Å². The molecule has 0 unspecified atom stereocenters. The number of hydrogen-bond acceptors (Lipinski definition) is 4. The lowest BCUT2D eigenvalue weighted by Crippen LogP contribution is -2.21. The Morgan fingerprint density at radius 2 is 1.58 bits per heavy atom. The quantitative estimate of drug-likeness (QED) is 0.447. The minimum atomic E-state index is -0.410. The van der Waals surface area contributed by atoms with Crippen molar-refractivity contribution in [1.82, 2.24) is 0 Å². The maximum Gasteiger partial charge on any atom is 0.293 e. The minimum Gasteiger partial charge on any atom is -0.377 e. The lowest BCUT2D eigenvalue weighted by molar-refractivity contribution is -0.384. The molecule has 1 N–H and O–H groups in total. The zero-order valence-corrected chi connectivity index (χ0v) is 14.8. The van der Waals surface area contributed by atoms with Crippen molar-refractivity contribution in [1.29, 1.82) is 0 Å². The van der Waals surface area contributed by atoms with E-state index in [1.807, 2.05) is 6.07 Å². The predicted molar refractivity (Wildman–Crippen MR) is 103 cm³/mol. The second-order valence-corrected chi connectivity index (χ2v) is 6.87. The van der Waals surface area contributed by atoms with Gasteiger partial charge in [0.1, 0.15) is 5.69 Å². The van der Waals surface area contributed by atoms with Crippen LogP contribution in [0.4, 0.5) is 11.4 Å². The number of nitro benzene ring substituents is 1. The van der Waals surface area contributed by atoms with Crippen molar-refractivity contribution in [3.63, 3.8) is 0 Å². The van der Waals surface area contributed by atoms with Crippen LogP contribution < -0.4 is 5.32 Å². The van der Waals surface area contributed by atoms with Gasteiger partial charge in [0, 0.05) is 23.2 Å². The van der Waals surface area contributed by atoms with Crippen molar-refractivity contribution in [2.45, 2.75) is 51.0 Å². The first-order chi connectivity index (χ1) is 12.6. The summed E-state index contributed by atoms with van der Waals surface area (Å²) in [5.74, 6) is -0.203. The summed E-state index contributed by atoms with van der Waals surface area (Å²) < 4.78 is 0. The third kappa shape index (κ3) is 4.48. The van der Waals surface area contributed by atoms with Crippen LogP contribution in [-0.2, 0) is 0 Å². The van der Waals surface area contributed by atoms with Crippen molar-refractivity contribution in [2.75, 3.05) is 5.32 Å². The second kappa shape index (κ2) is 8.61. The Labute approximate surface area is 153 Å². The summed E-state index contributed by atoms with van der Waals surface area (Å²) in [5, 5.41) is 14.9. The van der Waals surface area contributed by atoms with E-state index in [0.717, 1.165) is 25.7 Å². The largest absolute Gasteiger partial charge is 0.377 e. The number of nitrogens with zero attached hydrogens (tertiary/aromatic N) is 1. The van der Waals surface area contributed by atoms with Crippen LogP contribution in [0.1, 0.15) is 60.9 Å². The summed E-state index contributed by atoms with van der Waals surface area (Å²) >= 11 is 0.